The van der Waals surface area contributed by atoms with Gasteiger partial charge in [-0.25, -0.2) is 0 Å². The van der Waals surface area contributed by atoms with Crippen molar-refractivity contribution >= 4 is 17.5 Å². The molecule has 1 atom stereocenters. The number of halogens is 5. The Morgan fingerprint density at radius 3 is 2.21 bits per heavy atom. The summed E-state index contributed by atoms with van der Waals surface area (Å²) in [6.45, 7) is 0.121. The van der Waals surface area contributed by atoms with Crippen molar-refractivity contribution in [2.45, 2.75) is 36.0 Å². The highest BCUT2D eigenvalue weighted by atomic mass is 32.2. The van der Waals surface area contributed by atoms with Crippen LogP contribution >= 0.6 is 11.8 Å². The van der Waals surface area contributed by atoms with Crippen LogP contribution in [-0.2, 0) is 6.54 Å². The highest BCUT2D eigenvalue weighted by Crippen LogP contribution is 2.44. The van der Waals surface area contributed by atoms with Crippen molar-refractivity contribution in [1.82, 2.24) is 5.01 Å². The number of nitrogens with zero attached hydrogens (tertiary/aromatic N) is 2. The summed E-state index contributed by atoms with van der Waals surface area (Å²) in [6, 6.07) is 23.4. The predicted octanol–water partition coefficient (Wildman–Crippen LogP) is 7.58. The van der Waals surface area contributed by atoms with Crippen molar-refractivity contribution in [3.8, 4) is 11.1 Å². The van der Waals surface area contributed by atoms with Crippen LogP contribution in [0.25, 0.3) is 11.1 Å². The second-order valence-electron chi connectivity index (χ2n) is 7.78. The van der Waals surface area contributed by atoms with Gasteiger partial charge in [0, 0.05) is 11.3 Å². The van der Waals surface area contributed by atoms with Crippen molar-refractivity contribution in [2.24, 2.45) is 5.10 Å². The number of thioether (sulfide) groups is 1. The molecule has 0 saturated carbocycles. The zero-order valence-corrected chi connectivity index (χ0v) is 18.5. The van der Waals surface area contributed by atoms with Crippen molar-refractivity contribution in [1.29, 1.82) is 0 Å². The molecular formula is C25H21F5N2S. The van der Waals surface area contributed by atoms with Gasteiger partial charge < -0.3 is 0 Å². The van der Waals surface area contributed by atoms with Crippen molar-refractivity contribution in [3.63, 3.8) is 0 Å². The lowest BCUT2D eigenvalue weighted by atomic mass is 9.95. The zero-order valence-electron chi connectivity index (χ0n) is 17.7. The molecule has 0 aliphatic carbocycles. The fraction of sp³-hybridized carbons (Fsp3) is 0.240. The summed E-state index contributed by atoms with van der Waals surface area (Å²) in [4.78, 5) is 1.10. The van der Waals surface area contributed by atoms with Gasteiger partial charge in [-0.15, -0.1) is 11.8 Å². The van der Waals surface area contributed by atoms with E-state index in [-0.39, 0.29) is 6.54 Å². The number of hydrogen-bond acceptors (Lipinski definition) is 3. The van der Waals surface area contributed by atoms with Crippen LogP contribution in [0.2, 0.25) is 0 Å². The Kier molecular flexibility index (Phi) is 6.47. The van der Waals surface area contributed by atoms with Crippen molar-refractivity contribution in [2.75, 3.05) is 6.26 Å². The van der Waals surface area contributed by atoms with E-state index in [2.05, 4.69) is 5.10 Å². The minimum atomic E-state index is -5.69. The molecule has 1 aliphatic rings. The fourth-order valence-electron chi connectivity index (χ4n) is 3.82. The van der Waals surface area contributed by atoms with E-state index in [1.807, 2.05) is 48.7 Å². The first-order valence-electron chi connectivity index (χ1n) is 10.3. The van der Waals surface area contributed by atoms with Crippen LogP contribution in [0.1, 0.15) is 23.6 Å². The Morgan fingerprint density at radius 2 is 1.58 bits per heavy atom. The monoisotopic (exact) mass is 476 g/mol. The normalized spacial score (nSPS) is 16.7. The second-order valence-corrected chi connectivity index (χ2v) is 8.66. The largest absolute Gasteiger partial charge is 0.459 e. The maximum Gasteiger partial charge on any atom is 0.459 e. The Hall–Kier alpha value is -2.87. The Labute approximate surface area is 193 Å². The minimum Gasteiger partial charge on any atom is -0.285 e. The van der Waals surface area contributed by atoms with Crippen LogP contribution in [0.3, 0.4) is 0 Å². The van der Waals surface area contributed by atoms with Crippen LogP contribution in [0.4, 0.5) is 22.0 Å². The van der Waals surface area contributed by atoms with E-state index >= 15 is 0 Å². The Balaban J connectivity index is 1.68. The van der Waals surface area contributed by atoms with Crippen molar-refractivity contribution in [3.05, 3.63) is 90.0 Å². The molecule has 8 heteroatoms. The quantitative estimate of drug-likeness (QED) is 0.269. The molecule has 1 heterocycles. The van der Waals surface area contributed by atoms with Gasteiger partial charge in [0.1, 0.15) is 5.71 Å². The molecular weight excluding hydrogens is 455 g/mol. The van der Waals surface area contributed by atoms with Crippen LogP contribution in [-0.4, -0.2) is 29.1 Å². The topological polar surface area (TPSA) is 15.6 Å². The van der Waals surface area contributed by atoms with Crippen molar-refractivity contribution < 1.29 is 22.0 Å². The van der Waals surface area contributed by atoms with Gasteiger partial charge in [0.2, 0.25) is 0 Å². The van der Waals surface area contributed by atoms with E-state index in [9.17, 15) is 22.0 Å². The van der Waals surface area contributed by atoms with Gasteiger partial charge in [-0.3, -0.25) is 5.01 Å². The van der Waals surface area contributed by atoms with Gasteiger partial charge >= 0.3 is 12.1 Å². The van der Waals surface area contributed by atoms with Gasteiger partial charge in [-0.1, -0.05) is 60.7 Å². The first kappa shape index (κ1) is 23.3. The Morgan fingerprint density at radius 1 is 0.879 bits per heavy atom. The molecule has 0 bridgehead atoms. The lowest BCUT2D eigenvalue weighted by molar-refractivity contribution is -0.249. The standard InChI is InChI=1S/C25H21F5N2S/c1-33-21-12-10-18(11-13-21)19-8-5-9-20(14-19)22-15-23(24(26,27)25(28,29)30)31-32(22)16-17-6-3-2-4-7-17/h2-14,22H,15-16H2,1H3. The number of hydrazone groups is 1. The summed E-state index contributed by atoms with van der Waals surface area (Å²) in [5.74, 6) is -4.98. The second kappa shape index (κ2) is 9.17. The van der Waals surface area contributed by atoms with E-state index in [4.69, 9.17) is 0 Å². The average molecular weight is 477 g/mol. The molecule has 0 fully saturated rings. The molecule has 3 aromatic carbocycles. The maximum atomic E-state index is 14.2. The van der Waals surface area contributed by atoms with Crippen LogP contribution in [0.15, 0.2) is 88.9 Å². The molecule has 1 aliphatic heterocycles. The molecule has 0 radical (unpaired) electrons. The summed E-state index contributed by atoms with van der Waals surface area (Å²) < 4.78 is 67.5. The molecule has 172 valence electrons. The molecule has 2 nitrogen and oxygen atoms in total. The molecule has 0 amide bonds. The highest BCUT2D eigenvalue weighted by Gasteiger charge is 2.62. The third-order valence-corrected chi connectivity index (χ3v) is 6.34. The summed E-state index contributed by atoms with van der Waals surface area (Å²) in [6.07, 6.45) is -4.22. The summed E-state index contributed by atoms with van der Waals surface area (Å²) >= 11 is 1.62. The summed E-state index contributed by atoms with van der Waals surface area (Å²) in [7, 11) is 0. The smallest absolute Gasteiger partial charge is 0.285 e. The predicted molar refractivity (Wildman–Crippen MR) is 121 cm³/mol. The fourth-order valence-corrected chi connectivity index (χ4v) is 4.23. The maximum absolute atomic E-state index is 14.2. The highest BCUT2D eigenvalue weighted by molar-refractivity contribution is 7.98. The zero-order chi connectivity index (χ0) is 23.6. The van der Waals surface area contributed by atoms with Crippen LogP contribution < -0.4 is 0 Å². The van der Waals surface area contributed by atoms with E-state index < -0.39 is 30.3 Å². The molecule has 4 rings (SSSR count). The van der Waals surface area contributed by atoms with Gasteiger partial charge in [0.15, 0.2) is 0 Å². The average Bonchev–Trinajstić information content (AvgIpc) is 3.24. The lowest BCUT2D eigenvalue weighted by Crippen LogP contribution is -2.43. The first-order valence-corrected chi connectivity index (χ1v) is 11.5. The molecule has 1 unspecified atom stereocenters. The van der Waals surface area contributed by atoms with E-state index in [0.717, 1.165) is 21.6 Å². The Bertz CT molecular complexity index is 1130. The molecule has 0 saturated heterocycles. The molecule has 0 spiro atoms. The number of hydrogen-bond donors (Lipinski definition) is 0. The SMILES string of the molecule is CSc1ccc(-c2cccc(C3CC(C(F)(F)C(F)(F)F)=NN3Cc3ccccc3)c2)cc1. The molecule has 3 aromatic rings. The molecule has 0 N–H and O–H groups in total. The van der Waals surface area contributed by atoms with E-state index in [1.54, 1.807) is 48.2 Å². The number of alkyl halides is 5. The van der Waals surface area contributed by atoms with Gasteiger partial charge in [0.25, 0.3) is 0 Å². The summed E-state index contributed by atoms with van der Waals surface area (Å²) in [5, 5.41) is 5.12. The molecule has 0 aromatic heterocycles. The van der Waals surface area contributed by atoms with Crippen LogP contribution in [0.5, 0.6) is 0 Å². The van der Waals surface area contributed by atoms with Gasteiger partial charge in [-0.05, 0) is 46.7 Å². The van der Waals surface area contributed by atoms with E-state index in [1.165, 1.54) is 5.01 Å². The minimum absolute atomic E-state index is 0.121. The number of benzene rings is 3. The van der Waals surface area contributed by atoms with E-state index in [0.29, 0.717) is 5.56 Å². The third-order valence-electron chi connectivity index (χ3n) is 5.60. The lowest BCUT2D eigenvalue weighted by Gasteiger charge is -2.24. The summed E-state index contributed by atoms with van der Waals surface area (Å²) in [5.41, 5.74) is 2.03. The van der Waals surface area contributed by atoms with Crippen LogP contribution in [0, 0.1) is 0 Å². The number of rotatable bonds is 6. The van der Waals surface area contributed by atoms with Gasteiger partial charge in [-0.2, -0.15) is 27.1 Å². The third kappa shape index (κ3) is 4.90. The first-order chi connectivity index (χ1) is 15.7. The molecule has 33 heavy (non-hydrogen) atoms. The van der Waals surface area contributed by atoms with Gasteiger partial charge in [0.05, 0.1) is 12.6 Å².